The van der Waals surface area contributed by atoms with E-state index in [1.54, 1.807) is 6.92 Å². The highest BCUT2D eigenvalue weighted by Crippen LogP contribution is 2.25. The fraction of sp³-hybridized carbons (Fsp3) is 0.350. The van der Waals surface area contributed by atoms with Crippen molar-refractivity contribution in [3.05, 3.63) is 54.1 Å². The molecule has 1 fully saturated rings. The molecule has 1 aliphatic rings. The maximum absolute atomic E-state index is 11.2. The number of nitrogens with zero attached hydrogens (tertiary/aromatic N) is 1. The van der Waals surface area contributed by atoms with Crippen LogP contribution in [0.4, 0.5) is 0 Å². The summed E-state index contributed by atoms with van der Waals surface area (Å²) >= 11 is 0. The standard InChI is InChI=1S/C20H24N2O3/c1-15(20(21)23)25-19-7-3-6-18(13-19)17-5-2-4-16(12-17)14-22-8-10-24-11-9-22/h2-7,12-13,15H,8-11,14H2,1H3,(H2,21,23)/t15-/m1/s1. The normalized spacial score (nSPS) is 16.4. The molecule has 5 heteroatoms. The molecule has 1 amide bonds. The van der Waals surface area contributed by atoms with Gasteiger partial charge in [0.1, 0.15) is 5.75 Å². The molecule has 1 aliphatic heterocycles. The average molecular weight is 340 g/mol. The Morgan fingerprint density at radius 3 is 2.56 bits per heavy atom. The maximum Gasteiger partial charge on any atom is 0.258 e. The van der Waals surface area contributed by atoms with Gasteiger partial charge in [-0.05, 0) is 41.8 Å². The average Bonchev–Trinajstić information content (AvgIpc) is 2.63. The molecule has 3 rings (SSSR count). The largest absolute Gasteiger partial charge is 0.481 e. The van der Waals surface area contributed by atoms with E-state index in [1.165, 1.54) is 5.56 Å². The Bertz CT molecular complexity index is 726. The van der Waals surface area contributed by atoms with E-state index < -0.39 is 12.0 Å². The first-order valence-electron chi connectivity index (χ1n) is 8.57. The minimum atomic E-state index is -0.650. The van der Waals surface area contributed by atoms with Gasteiger partial charge in [-0.15, -0.1) is 0 Å². The van der Waals surface area contributed by atoms with Crippen molar-refractivity contribution in [3.8, 4) is 16.9 Å². The number of benzene rings is 2. The maximum atomic E-state index is 11.2. The van der Waals surface area contributed by atoms with Gasteiger partial charge in [-0.1, -0.05) is 30.3 Å². The fourth-order valence-electron chi connectivity index (χ4n) is 2.88. The number of carbonyl (C=O) groups excluding carboxylic acids is 1. The molecule has 132 valence electrons. The van der Waals surface area contributed by atoms with Crippen LogP contribution in [0.15, 0.2) is 48.5 Å². The Balaban J connectivity index is 1.75. The van der Waals surface area contributed by atoms with Crippen LogP contribution in [0.1, 0.15) is 12.5 Å². The molecule has 25 heavy (non-hydrogen) atoms. The third-order valence-electron chi connectivity index (χ3n) is 4.32. The molecule has 0 radical (unpaired) electrons. The highest BCUT2D eigenvalue weighted by atomic mass is 16.5. The summed E-state index contributed by atoms with van der Waals surface area (Å²) in [6.45, 7) is 6.12. The van der Waals surface area contributed by atoms with Crippen LogP contribution >= 0.6 is 0 Å². The van der Waals surface area contributed by atoms with Crippen LogP contribution in [0.25, 0.3) is 11.1 Å². The van der Waals surface area contributed by atoms with Gasteiger partial charge in [0.2, 0.25) is 0 Å². The summed E-state index contributed by atoms with van der Waals surface area (Å²) in [6.07, 6.45) is -0.650. The molecule has 0 aliphatic carbocycles. The first kappa shape index (κ1) is 17.5. The zero-order chi connectivity index (χ0) is 17.6. The first-order chi connectivity index (χ1) is 12.1. The zero-order valence-electron chi connectivity index (χ0n) is 14.5. The van der Waals surface area contributed by atoms with E-state index in [2.05, 4.69) is 29.2 Å². The monoisotopic (exact) mass is 340 g/mol. The Morgan fingerprint density at radius 2 is 1.84 bits per heavy atom. The van der Waals surface area contributed by atoms with Gasteiger partial charge in [0.25, 0.3) is 5.91 Å². The van der Waals surface area contributed by atoms with Crippen molar-refractivity contribution in [2.75, 3.05) is 26.3 Å². The summed E-state index contributed by atoms with van der Waals surface area (Å²) in [4.78, 5) is 13.6. The van der Waals surface area contributed by atoms with Crippen molar-refractivity contribution >= 4 is 5.91 Å². The van der Waals surface area contributed by atoms with Crippen molar-refractivity contribution in [3.63, 3.8) is 0 Å². The van der Waals surface area contributed by atoms with Crippen molar-refractivity contribution in [1.29, 1.82) is 0 Å². The Kier molecular flexibility index (Phi) is 5.68. The predicted molar refractivity (Wildman–Crippen MR) is 97.3 cm³/mol. The number of rotatable bonds is 6. The minimum absolute atomic E-state index is 0.474. The summed E-state index contributed by atoms with van der Waals surface area (Å²) in [6, 6.07) is 16.2. The summed E-state index contributed by atoms with van der Waals surface area (Å²) in [5.74, 6) is 0.167. The van der Waals surface area contributed by atoms with Crippen molar-refractivity contribution in [1.82, 2.24) is 4.90 Å². The van der Waals surface area contributed by atoms with Gasteiger partial charge < -0.3 is 15.2 Å². The Morgan fingerprint density at radius 1 is 1.16 bits per heavy atom. The molecule has 0 saturated carbocycles. The second-order valence-corrected chi connectivity index (χ2v) is 6.28. The second kappa shape index (κ2) is 8.14. The van der Waals surface area contributed by atoms with Crippen LogP contribution in [0.3, 0.4) is 0 Å². The fourth-order valence-corrected chi connectivity index (χ4v) is 2.88. The topological polar surface area (TPSA) is 64.8 Å². The third-order valence-corrected chi connectivity index (χ3v) is 4.32. The molecule has 2 aromatic rings. The minimum Gasteiger partial charge on any atom is -0.481 e. The van der Waals surface area contributed by atoms with Crippen molar-refractivity contribution in [2.24, 2.45) is 5.73 Å². The van der Waals surface area contributed by atoms with Gasteiger partial charge in [0.05, 0.1) is 13.2 Å². The van der Waals surface area contributed by atoms with Crippen LogP contribution < -0.4 is 10.5 Å². The SMILES string of the molecule is C[C@@H](Oc1cccc(-c2cccc(CN3CCOCC3)c2)c1)C(N)=O. The number of carbonyl (C=O) groups is 1. The molecule has 1 atom stereocenters. The van der Waals surface area contributed by atoms with E-state index in [0.717, 1.165) is 44.0 Å². The molecule has 5 nitrogen and oxygen atoms in total. The first-order valence-corrected chi connectivity index (χ1v) is 8.57. The Labute approximate surface area is 148 Å². The predicted octanol–water partition coefficient (Wildman–Crippen LogP) is 2.44. The molecule has 0 aromatic heterocycles. The van der Waals surface area contributed by atoms with E-state index in [1.807, 2.05) is 24.3 Å². The zero-order valence-corrected chi connectivity index (χ0v) is 14.5. The van der Waals surface area contributed by atoms with Crippen LogP contribution in [0.5, 0.6) is 5.75 Å². The number of nitrogens with two attached hydrogens (primary N) is 1. The molecule has 2 aromatic carbocycles. The highest BCUT2D eigenvalue weighted by molar-refractivity contribution is 5.78. The van der Waals surface area contributed by atoms with Crippen LogP contribution in [-0.4, -0.2) is 43.2 Å². The molecule has 0 unspecified atom stereocenters. The van der Waals surface area contributed by atoms with Crippen molar-refractivity contribution < 1.29 is 14.3 Å². The summed E-state index contributed by atoms with van der Waals surface area (Å²) in [7, 11) is 0. The van der Waals surface area contributed by atoms with Crippen molar-refractivity contribution in [2.45, 2.75) is 19.6 Å². The summed E-state index contributed by atoms with van der Waals surface area (Å²) in [5.41, 5.74) is 8.72. The molecular weight excluding hydrogens is 316 g/mol. The number of amides is 1. The summed E-state index contributed by atoms with van der Waals surface area (Å²) < 4.78 is 11.0. The molecule has 2 N–H and O–H groups in total. The van der Waals surface area contributed by atoms with Gasteiger partial charge in [-0.2, -0.15) is 0 Å². The lowest BCUT2D eigenvalue weighted by molar-refractivity contribution is -0.123. The lowest BCUT2D eigenvalue weighted by Gasteiger charge is -2.26. The van der Waals surface area contributed by atoms with E-state index >= 15 is 0 Å². The molecule has 0 spiro atoms. The number of morpholine rings is 1. The van der Waals surface area contributed by atoms with Crippen LogP contribution in [0.2, 0.25) is 0 Å². The quantitative estimate of drug-likeness (QED) is 0.877. The number of primary amides is 1. The van der Waals surface area contributed by atoms with Gasteiger partial charge in [0.15, 0.2) is 6.10 Å². The smallest absolute Gasteiger partial charge is 0.258 e. The highest BCUT2D eigenvalue weighted by Gasteiger charge is 2.12. The third kappa shape index (κ3) is 4.81. The van der Waals surface area contributed by atoms with E-state index in [9.17, 15) is 4.79 Å². The van der Waals surface area contributed by atoms with Crippen LogP contribution in [0, 0.1) is 0 Å². The van der Waals surface area contributed by atoms with Crippen LogP contribution in [-0.2, 0) is 16.1 Å². The number of ether oxygens (including phenoxy) is 2. The molecule has 1 heterocycles. The van der Waals surface area contributed by atoms with Gasteiger partial charge >= 0.3 is 0 Å². The van der Waals surface area contributed by atoms with Gasteiger partial charge in [0, 0.05) is 19.6 Å². The number of hydrogen-bond donors (Lipinski definition) is 1. The molecule has 1 saturated heterocycles. The lowest BCUT2D eigenvalue weighted by Crippen LogP contribution is -2.35. The lowest BCUT2D eigenvalue weighted by atomic mass is 10.0. The molecule has 0 bridgehead atoms. The summed E-state index contributed by atoms with van der Waals surface area (Å²) in [5, 5.41) is 0. The van der Waals surface area contributed by atoms with Gasteiger partial charge in [-0.25, -0.2) is 0 Å². The van der Waals surface area contributed by atoms with E-state index in [4.69, 9.17) is 15.2 Å². The van der Waals surface area contributed by atoms with Gasteiger partial charge in [-0.3, -0.25) is 9.69 Å². The Hall–Kier alpha value is -2.37. The molecular formula is C20H24N2O3. The number of hydrogen-bond acceptors (Lipinski definition) is 4. The van der Waals surface area contributed by atoms with E-state index in [-0.39, 0.29) is 0 Å². The van der Waals surface area contributed by atoms with E-state index in [0.29, 0.717) is 5.75 Å². The second-order valence-electron chi connectivity index (χ2n) is 6.28.